The van der Waals surface area contributed by atoms with Crippen LogP contribution in [0.15, 0.2) is 47.4 Å². The molecule has 0 fully saturated rings. The molecule has 0 radical (unpaired) electrons. The maximum absolute atomic E-state index is 13.5. The smallest absolute Gasteiger partial charge is 0.339 e. The second kappa shape index (κ2) is 8.49. The topological polar surface area (TPSA) is 55.4 Å². The van der Waals surface area contributed by atoms with Crippen LogP contribution in [0.25, 0.3) is 0 Å². The number of carbonyl (C=O) groups is 2. The van der Waals surface area contributed by atoms with Gasteiger partial charge in [0.25, 0.3) is 0 Å². The molecule has 0 aliphatic rings. The zero-order valence-electron chi connectivity index (χ0n) is 13.5. The van der Waals surface area contributed by atoms with E-state index in [2.05, 4.69) is 5.32 Å². The fourth-order valence-corrected chi connectivity index (χ4v) is 3.02. The zero-order valence-corrected chi connectivity index (χ0v) is 14.3. The first kappa shape index (κ1) is 18.0. The van der Waals surface area contributed by atoms with Crippen molar-refractivity contribution >= 4 is 29.3 Å². The van der Waals surface area contributed by atoms with E-state index < -0.39 is 5.97 Å². The van der Waals surface area contributed by atoms with Gasteiger partial charge in [0, 0.05) is 17.1 Å². The van der Waals surface area contributed by atoms with E-state index in [-0.39, 0.29) is 18.1 Å². The molecular weight excluding hydrogens is 329 g/mol. The van der Waals surface area contributed by atoms with Crippen molar-refractivity contribution in [1.82, 2.24) is 0 Å². The molecule has 0 saturated heterocycles. The fourth-order valence-electron chi connectivity index (χ4n) is 2.13. The Bertz CT molecular complexity index is 749. The van der Waals surface area contributed by atoms with Crippen molar-refractivity contribution in [3.63, 3.8) is 0 Å². The number of anilines is 1. The van der Waals surface area contributed by atoms with E-state index >= 15 is 0 Å². The highest BCUT2D eigenvalue weighted by molar-refractivity contribution is 7.99. The van der Waals surface area contributed by atoms with Gasteiger partial charge < -0.3 is 10.1 Å². The first-order valence-corrected chi connectivity index (χ1v) is 8.36. The number of aryl methyl sites for hydroxylation is 1. The number of para-hydroxylation sites is 1. The van der Waals surface area contributed by atoms with E-state index in [1.165, 1.54) is 24.9 Å². The molecule has 24 heavy (non-hydrogen) atoms. The fraction of sp³-hybridized carbons (Fsp3) is 0.222. The van der Waals surface area contributed by atoms with Gasteiger partial charge in [-0.25, -0.2) is 9.18 Å². The van der Waals surface area contributed by atoms with Gasteiger partial charge in [0.1, 0.15) is 5.82 Å². The largest absolute Gasteiger partial charge is 0.465 e. The molecule has 1 amide bonds. The maximum Gasteiger partial charge on any atom is 0.339 e. The molecule has 0 aliphatic carbocycles. The van der Waals surface area contributed by atoms with Gasteiger partial charge >= 0.3 is 5.97 Å². The van der Waals surface area contributed by atoms with Crippen LogP contribution < -0.4 is 5.32 Å². The number of ether oxygens (including phenoxy) is 1. The Morgan fingerprint density at radius 3 is 2.62 bits per heavy atom. The van der Waals surface area contributed by atoms with Gasteiger partial charge in [0.2, 0.25) is 5.91 Å². The van der Waals surface area contributed by atoms with Gasteiger partial charge in [-0.2, -0.15) is 0 Å². The predicted octanol–water partition coefficient (Wildman–Crippen LogP) is 4.04. The van der Waals surface area contributed by atoms with E-state index in [1.54, 1.807) is 43.3 Å². The Morgan fingerprint density at radius 1 is 1.17 bits per heavy atom. The van der Waals surface area contributed by atoms with E-state index in [4.69, 9.17) is 4.74 Å². The minimum atomic E-state index is -0.505. The number of amides is 1. The molecular formula is C18H18FNO3S. The summed E-state index contributed by atoms with van der Waals surface area (Å²) in [5, 5.41) is 2.75. The summed E-state index contributed by atoms with van der Waals surface area (Å²) in [4.78, 5) is 24.4. The standard InChI is InChI=1S/C18H18FNO3S/c1-12-6-5-7-13(18(22)23-2)17(12)20-16(21)10-11-24-15-9-4-3-8-14(15)19/h3-9H,10-11H2,1-2H3,(H,20,21). The number of esters is 1. The third-order valence-corrected chi connectivity index (χ3v) is 4.42. The van der Waals surface area contributed by atoms with Gasteiger partial charge in [-0.3, -0.25) is 4.79 Å². The molecule has 0 aromatic heterocycles. The molecule has 0 saturated carbocycles. The molecule has 0 spiro atoms. The maximum atomic E-state index is 13.5. The van der Waals surface area contributed by atoms with Crippen molar-refractivity contribution in [1.29, 1.82) is 0 Å². The molecule has 126 valence electrons. The summed E-state index contributed by atoms with van der Waals surface area (Å²) in [6.07, 6.45) is 0.202. The number of hydrogen-bond donors (Lipinski definition) is 1. The third kappa shape index (κ3) is 4.58. The first-order chi connectivity index (χ1) is 11.5. The van der Waals surface area contributed by atoms with Gasteiger partial charge in [0.15, 0.2) is 0 Å². The van der Waals surface area contributed by atoms with Crippen LogP contribution in [0.1, 0.15) is 22.3 Å². The summed E-state index contributed by atoms with van der Waals surface area (Å²) in [5.74, 6) is -0.602. The minimum absolute atomic E-state index is 0.202. The summed E-state index contributed by atoms with van der Waals surface area (Å²) >= 11 is 1.28. The van der Waals surface area contributed by atoms with E-state index in [0.717, 1.165) is 5.56 Å². The molecule has 2 aromatic carbocycles. The minimum Gasteiger partial charge on any atom is -0.465 e. The van der Waals surface area contributed by atoms with E-state index in [1.807, 2.05) is 0 Å². The number of methoxy groups -OCH3 is 1. The number of hydrogen-bond acceptors (Lipinski definition) is 4. The lowest BCUT2D eigenvalue weighted by molar-refractivity contribution is -0.115. The Labute approximate surface area is 144 Å². The quantitative estimate of drug-likeness (QED) is 0.633. The van der Waals surface area contributed by atoms with Crippen LogP contribution in [0.4, 0.5) is 10.1 Å². The highest BCUT2D eigenvalue weighted by Crippen LogP contribution is 2.24. The van der Waals surface area contributed by atoms with Gasteiger partial charge in [-0.05, 0) is 30.7 Å². The number of thioether (sulfide) groups is 1. The zero-order chi connectivity index (χ0) is 17.5. The predicted molar refractivity (Wildman–Crippen MR) is 92.9 cm³/mol. The van der Waals surface area contributed by atoms with Gasteiger partial charge in [0.05, 0.1) is 18.4 Å². The van der Waals surface area contributed by atoms with Crippen LogP contribution >= 0.6 is 11.8 Å². The van der Waals surface area contributed by atoms with Crippen molar-refractivity contribution < 1.29 is 18.7 Å². The van der Waals surface area contributed by atoms with Crippen LogP contribution in [-0.2, 0) is 9.53 Å². The lowest BCUT2D eigenvalue weighted by Crippen LogP contribution is -2.16. The molecule has 0 unspecified atom stereocenters. The monoisotopic (exact) mass is 347 g/mol. The number of halogens is 1. The van der Waals surface area contributed by atoms with Gasteiger partial charge in [-0.1, -0.05) is 24.3 Å². The average Bonchev–Trinajstić information content (AvgIpc) is 2.57. The molecule has 2 rings (SSSR count). The Balaban J connectivity index is 1.98. The Hall–Kier alpha value is -2.34. The lowest BCUT2D eigenvalue weighted by Gasteiger charge is -2.12. The molecule has 4 nitrogen and oxygen atoms in total. The Morgan fingerprint density at radius 2 is 1.92 bits per heavy atom. The van der Waals surface area contributed by atoms with E-state index in [0.29, 0.717) is 21.9 Å². The molecule has 0 bridgehead atoms. The van der Waals surface area contributed by atoms with Crippen LogP contribution in [0, 0.1) is 12.7 Å². The highest BCUT2D eigenvalue weighted by Gasteiger charge is 2.15. The molecule has 0 atom stereocenters. The SMILES string of the molecule is COC(=O)c1cccc(C)c1NC(=O)CCSc1ccccc1F. The second-order valence-corrected chi connectivity index (χ2v) is 6.20. The molecule has 6 heteroatoms. The van der Waals surface area contributed by atoms with Crippen LogP contribution in [-0.4, -0.2) is 24.7 Å². The summed E-state index contributed by atoms with van der Waals surface area (Å²) < 4.78 is 18.3. The number of carbonyl (C=O) groups excluding carboxylic acids is 2. The van der Waals surface area contributed by atoms with Crippen molar-refractivity contribution in [2.75, 3.05) is 18.2 Å². The van der Waals surface area contributed by atoms with Gasteiger partial charge in [-0.15, -0.1) is 11.8 Å². The molecule has 1 N–H and O–H groups in total. The van der Waals surface area contributed by atoms with Crippen molar-refractivity contribution in [3.8, 4) is 0 Å². The Kier molecular flexibility index (Phi) is 6.37. The highest BCUT2D eigenvalue weighted by atomic mass is 32.2. The molecule has 0 aliphatic heterocycles. The molecule has 2 aromatic rings. The molecule has 0 heterocycles. The first-order valence-electron chi connectivity index (χ1n) is 7.38. The third-order valence-electron chi connectivity index (χ3n) is 3.37. The average molecular weight is 347 g/mol. The number of benzene rings is 2. The van der Waals surface area contributed by atoms with Crippen LogP contribution in [0.3, 0.4) is 0 Å². The van der Waals surface area contributed by atoms with Crippen molar-refractivity contribution in [2.24, 2.45) is 0 Å². The van der Waals surface area contributed by atoms with Crippen molar-refractivity contribution in [2.45, 2.75) is 18.2 Å². The lowest BCUT2D eigenvalue weighted by atomic mass is 10.1. The van der Waals surface area contributed by atoms with E-state index in [9.17, 15) is 14.0 Å². The van der Waals surface area contributed by atoms with Crippen LogP contribution in [0.2, 0.25) is 0 Å². The normalized spacial score (nSPS) is 10.3. The summed E-state index contributed by atoms with van der Waals surface area (Å²) in [6, 6.07) is 11.6. The summed E-state index contributed by atoms with van der Waals surface area (Å²) in [5.41, 5.74) is 1.53. The van der Waals surface area contributed by atoms with Crippen LogP contribution in [0.5, 0.6) is 0 Å². The summed E-state index contributed by atoms with van der Waals surface area (Å²) in [6.45, 7) is 1.80. The second-order valence-electron chi connectivity index (χ2n) is 5.07. The summed E-state index contributed by atoms with van der Waals surface area (Å²) in [7, 11) is 1.29. The van der Waals surface area contributed by atoms with Crippen molar-refractivity contribution in [3.05, 3.63) is 59.4 Å². The number of nitrogens with one attached hydrogen (secondary N) is 1. The number of rotatable bonds is 6.